The molecule has 11 heteroatoms. The van der Waals surface area contributed by atoms with Crippen molar-refractivity contribution in [3.05, 3.63) is 64.1 Å². The van der Waals surface area contributed by atoms with Gasteiger partial charge in [0.25, 0.3) is 0 Å². The standard InChI is InChI=1S/C23H23Cl2F3N2O4/c1-29(20(32)14-23(26,27)28)15-22(11-6-12-31,16-9-10-18(24)19(25)13-16)30(2)21(33)34-17-7-4-3-5-8-17/h3-5,7-10,12-13H,6,11,14-15H2,1-2H3. The lowest BCUT2D eigenvalue weighted by Crippen LogP contribution is -2.55. The number of carbonyl (C=O) groups excluding carboxylic acids is 3. The molecule has 6 nitrogen and oxygen atoms in total. The SMILES string of the molecule is CN(CC(CCC=O)(c1ccc(Cl)c(Cl)c1)N(C)C(=O)Oc1ccccc1)C(=O)CC(F)(F)F. The minimum Gasteiger partial charge on any atom is -0.410 e. The molecule has 34 heavy (non-hydrogen) atoms. The molecule has 0 heterocycles. The molecule has 184 valence electrons. The number of hydrogen-bond acceptors (Lipinski definition) is 4. The zero-order valence-electron chi connectivity index (χ0n) is 18.4. The molecule has 0 N–H and O–H groups in total. The average Bonchev–Trinajstić information content (AvgIpc) is 2.77. The number of rotatable bonds is 9. The predicted octanol–water partition coefficient (Wildman–Crippen LogP) is 5.71. The van der Waals surface area contributed by atoms with E-state index in [-0.39, 0.29) is 35.2 Å². The van der Waals surface area contributed by atoms with E-state index in [0.717, 1.165) is 9.80 Å². The Bertz CT molecular complexity index is 1020. The molecular formula is C23H23Cl2F3N2O4. The second-order valence-electron chi connectivity index (χ2n) is 7.65. The van der Waals surface area contributed by atoms with Crippen LogP contribution in [0.3, 0.4) is 0 Å². The maximum absolute atomic E-state index is 13.1. The fraction of sp³-hybridized carbons (Fsp3) is 0.348. The molecule has 0 aliphatic heterocycles. The largest absolute Gasteiger partial charge is 0.415 e. The first-order chi connectivity index (χ1) is 15.9. The van der Waals surface area contributed by atoms with Crippen molar-refractivity contribution in [3.8, 4) is 5.75 Å². The minimum atomic E-state index is -4.71. The zero-order valence-corrected chi connectivity index (χ0v) is 20.0. The van der Waals surface area contributed by atoms with E-state index in [9.17, 15) is 27.6 Å². The summed E-state index contributed by atoms with van der Waals surface area (Å²) in [6.07, 6.45) is -6.71. The van der Waals surface area contributed by atoms with Crippen LogP contribution in [-0.4, -0.2) is 54.9 Å². The summed E-state index contributed by atoms with van der Waals surface area (Å²) < 4.78 is 43.9. The highest BCUT2D eigenvalue weighted by atomic mass is 35.5. The van der Waals surface area contributed by atoms with Crippen molar-refractivity contribution in [1.29, 1.82) is 0 Å². The Hall–Kier alpha value is -2.78. The van der Waals surface area contributed by atoms with Gasteiger partial charge in [-0.25, -0.2) is 4.79 Å². The summed E-state index contributed by atoms with van der Waals surface area (Å²) in [6, 6.07) is 12.6. The van der Waals surface area contributed by atoms with E-state index >= 15 is 0 Å². The number of amides is 2. The number of hydrogen-bond donors (Lipinski definition) is 0. The van der Waals surface area contributed by atoms with Crippen molar-refractivity contribution in [1.82, 2.24) is 9.80 Å². The molecular weight excluding hydrogens is 496 g/mol. The van der Waals surface area contributed by atoms with Crippen molar-refractivity contribution >= 4 is 41.5 Å². The van der Waals surface area contributed by atoms with Crippen LogP contribution < -0.4 is 4.74 Å². The molecule has 0 aliphatic carbocycles. The zero-order chi connectivity index (χ0) is 25.5. The van der Waals surface area contributed by atoms with Crippen molar-refractivity contribution in [2.45, 2.75) is 31.0 Å². The van der Waals surface area contributed by atoms with Gasteiger partial charge < -0.3 is 14.4 Å². The first kappa shape index (κ1) is 27.5. The van der Waals surface area contributed by atoms with Gasteiger partial charge in [-0.05, 0) is 36.2 Å². The molecule has 1 unspecified atom stereocenters. The second-order valence-corrected chi connectivity index (χ2v) is 8.46. The first-order valence-corrected chi connectivity index (χ1v) is 10.9. The molecule has 0 radical (unpaired) electrons. The highest BCUT2D eigenvalue weighted by Crippen LogP contribution is 2.37. The number of carbonyl (C=O) groups is 3. The quantitative estimate of drug-likeness (QED) is 0.398. The number of ether oxygens (including phenoxy) is 1. The van der Waals surface area contributed by atoms with Gasteiger partial charge in [-0.1, -0.05) is 47.5 Å². The monoisotopic (exact) mass is 518 g/mol. The van der Waals surface area contributed by atoms with E-state index < -0.39 is 30.1 Å². The van der Waals surface area contributed by atoms with E-state index in [1.54, 1.807) is 30.3 Å². The molecule has 0 saturated heterocycles. The molecule has 0 saturated carbocycles. The molecule has 2 amide bonds. The van der Waals surface area contributed by atoms with Gasteiger partial charge in [0.05, 0.1) is 15.6 Å². The van der Waals surface area contributed by atoms with Crippen LogP contribution >= 0.6 is 23.2 Å². The number of aldehydes is 1. The molecule has 1 atom stereocenters. The summed E-state index contributed by atoms with van der Waals surface area (Å²) in [5.74, 6) is -0.966. The van der Waals surface area contributed by atoms with Crippen LogP contribution in [0, 0.1) is 0 Å². The minimum absolute atomic E-state index is 0.0293. The Labute approximate surface area is 205 Å². The van der Waals surface area contributed by atoms with Gasteiger partial charge in [-0.15, -0.1) is 0 Å². The van der Waals surface area contributed by atoms with Crippen LogP contribution in [0.5, 0.6) is 5.75 Å². The Balaban J connectivity index is 2.54. The smallest absolute Gasteiger partial charge is 0.410 e. The topological polar surface area (TPSA) is 66.9 Å². The van der Waals surface area contributed by atoms with Gasteiger partial charge in [-0.2, -0.15) is 13.2 Å². The van der Waals surface area contributed by atoms with E-state index in [1.807, 2.05) is 0 Å². The molecule has 2 aromatic rings. The fourth-order valence-electron chi connectivity index (χ4n) is 3.48. The number of likely N-dealkylation sites (N-methyl/N-ethyl adjacent to an activating group) is 2. The Morgan fingerprint density at radius 3 is 2.24 bits per heavy atom. The summed E-state index contributed by atoms with van der Waals surface area (Å²) in [7, 11) is 2.57. The number of halogens is 5. The normalized spacial score (nSPS) is 13.0. The van der Waals surface area contributed by atoms with Crippen LogP contribution in [0.1, 0.15) is 24.8 Å². The highest BCUT2D eigenvalue weighted by molar-refractivity contribution is 6.42. The lowest BCUT2D eigenvalue weighted by atomic mass is 9.83. The average molecular weight is 519 g/mol. The van der Waals surface area contributed by atoms with Crippen LogP contribution in [0.2, 0.25) is 10.0 Å². The van der Waals surface area contributed by atoms with Crippen LogP contribution in [0.4, 0.5) is 18.0 Å². The summed E-state index contributed by atoms with van der Waals surface area (Å²) in [4.78, 5) is 38.7. The third-order valence-corrected chi connectivity index (χ3v) is 6.01. The molecule has 0 fully saturated rings. The summed E-state index contributed by atoms with van der Waals surface area (Å²) in [5.41, 5.74) is -1.10. The summed E-state index contributed by atoms with van der Waals surface area (Å²) >= 11 is 12.2. The van der Waals surface area contributed by atoms with Crippen LogP contribution in [0.25, 0.3) is 0 Å². The molecule has 0 aliphatic rings. The fourth-order valence-corrected chi connectivity index (χ4v) is 3.78. The van der Waals surface area contributed by atoms with Gasteiger partial charge in [0.2, 0.25) is 5.91 Å². The second kappa shape index (κ2) is 11.6. The number of benzene rings is 2. The molecule has 0 spiro atoms. The van der Waals surface area contributed by atoms with E-state index in [1.165, 1.54) is 32.3 Å². The predicted molar refractivity (Wildman–Crippen MR) is 122 cm³/mol. The highest BCUT2D eigenvalue weighted by Gasteiger charge is 2.43. The lowest BCUT2D eigenvalue weighted by Gasteiger charge is -2.44. The van der Waals surface area contributed by atoms with Gasteiger partial charge in [0, 0.05) is 27.1 Å². The van der Waals surface area contributed by atoms with Crippen molar-refractivity contribution in [3.63, 3.8) is 0 Å². The summed E-state index contributed by atoms with van der Waals surface area (Å²) in [5, 5.41) is 0.342. The lowest BCUT2D eigenvalue weighted by molar-refractivity contribution is -0.161. The molecule has 2 rings (SSSR count). The first-order valence-electron chi connectivity index (χ1n) is 10.1. The maximum atomic E-state index is 13.1. The van der Waals surface area contributed by atoms with Gasteiger partial charge in [0.1, 0.15) is 18.5 Å². The Morgan fingerprint density at radius 2 is 1.68 bits per heavy atom. The molecule has 0 aromatic heterocycles. The van der Waals surface area contributed by atoms with Crippen LogP contribution in [0.15, 0.2) is 48.5 Å². The number of nitrogens with zero attached hydrogens (tertiary/aromatic N) is 2. The Kier molecular flexibility index (Phi) is 9.35. The maximum Gasteiger partial charge on any atom is 0.415 e. The molecule has 0 bridgehead atoms. The number of alkyl halides is 3. The van der Waals surface area contributed by atoms with E-state index in [2.05, 4.69) is 0 Å². The number of para-hydroxylation sites is 1. The summed E-state index contributed by atoms with van der Waals surface area (Å²) in [6.45, 7) is -0.367. The Morgan fingerprint density at radius 1 is 1.03 bits per heavy atom. The van der Waals surface area contributed by atoms with Gasteiger partial charge in [0.15, 0.2) is 0 Å². The van der Waals surface area contributed by atoms with Crippen LogP contribution in [-0.2, 0) is 15.1 Å². The van der Waals surface area contributed by atoms with Gasteiger partial charge in [-0.3, -0.25) is 9.69 Å². The van der Waals surface area contributed by atoms with E-state index in [4.69, 9.17) is 27.9 Å². The van der Waals surface area contributed by atoms with Crippen molar-refractivity contribution in [2.24, 2.45) is 0 Å². The van der Waals surface area contributed by atoms with Crippen molar-refractivity contribution < 1.29 is 32.3 Å². The third-order valence-electron chi connectivity index (χ3n) is 5.27. The third kappa shape index (κ3) is 7.11. The van der Waals surface area contributed by atoms with Crippen molar-refractivity contribution in [2.75, 3.05) is 20.6 Å². The molecule has 2 aromatic carbocycles. The van der Waals surface area contributed by atoms with E-state index in [0.29, 0.717) is 11.8 Å². The van der Waals surface area contributed by atoms with Gasteiger partial charge >= 0.3 is 12.3 Å².